The van der Waals surface area contributed by atoms with Crippen molar-refractivity contribution in [2.75, 3.05) is 6.54 Å². The number of rotatable bonds is 7. The van der Waals surface area contributed by atoms with Crippen molar-refractivity contribution in [1.82, 2.24) is 30.0 Å². The fourth-order valence-corrected chi connectivity index (χ4v) is 5.28. The second-order valence-electron chi connectivity index (χ2n) is 9.64. The molecule has 1 saturated heterocycles. The summed E-state index contributed by atoms with van der Waals surface area (Å²) in [6.07, 6.45) is 2.15. The Balaban J connectivity index is 1.36. The van der Waals surface area contributed by atoms with E-state index in [-0.39, 0.29) is 47.5 Å². The number of aryl methyl sites for hydroxylation is 1. The smallest absolute Gasteiger partial charge is 0.245 e. The first-order valence-electron chi connectivity index (χ1n) is 12.6. The van der Waals surface area contributed by atoms with Crippen LogP contribution in [0.25, 0.3) is 22.0 Å². The molecule has 2 aromatic carbocycles. The summed E-state index contributed by atoms with van der Waals surface area (Å²) in [5.74, 6) is -0.580. The van der Waals surface area contributed by atoms with E-state index >= 15 is 0 Å². The average Bonchev–Trinajstić information content (AvgIpc) is 3.50. The lowest BCUT2D eigenvalue weighted by Gasteiger charge is -2.25. The van der Waals surface area contributed by atoms with Crippen LogP contribution in [0.2, 0.25) is 5.02 Å². The molecule has 8 nitrogen and oxygen atoms in total. The Hall–Kier alpha value is -3.83. The number of hydrogen-bond acceptors (Lipinski definition) is 6. The van der Waals surface area contributed by atoms with Gasteiger partial charge in [0.15, 0.2) is 5.78 Å². The van der Waals surface area contributed by atoms with E-state index in [1.165, 1.54) is 22.6 Å². The molecule has 2 aromatic heterocycles. The first kappa shape index (κ1) is 27.7. The van der Waals surface area contributed by atoms with Crippen LogP contribution in [0.5, 0.6) is 0 Å². The number of aromatic nitrogens is 4. The van der Waals surface area contributed by atoms with Gasteiger partial charge in [-0.1, -0.05) is 42.0 Å². The lowest BCUT2D eigenvalue weighted by atomic mass is 10.0. The largest absolute Gasteiger partial charge is 0.374 e. The van der Waals surface area contributed by atoms with E-state index < -0.39 is 23.9 Å². The fraction of sp³-hybridized carbons (Fsp3) is 0.286. The third-order valence-electron chi connectivity index (χ3n) is 6.84. The van der Waals surface area contributed by atoms with Gasteiger partial charge in [-0.15, -0.1) is 0 Å². The van der Waals surface area contributed by atoms with Crippen molar-refractivity contribution in [3.8, 4) is 11.1 Å². The molecule has 2 atom stereocenters. The number of ketones is 1. The van der Waals surface area contributed by atoms with Crippen LogP contribution in [0.4, 0.5) is 8.78 Å². The number of carbonyl (C=O) groups excluding carboxylic acids is 2. The Morgan fingerprint density at radius 3 is 2.65 bits per heavy atom. The van der Waals surface area contributed by atoms with Crippen molar-refractivity contribution < 1.29 is 18.4 Å². The Morgan fingerprint density at radius 2 is 1.93 bits per heavy atom. The maximum absolute atomic E-state index is 14.5. The molecule has 5 rings (SSSR count). The minimum atomic E-state index is -1.27. The highest BCUT2D eigenvalue weighted by Crippen LogP contribution is 2.28. The standard InChI is InChI=1S/C28H25ClF2N6O2S/c1-15(38)27-21-8-17(19-11-32-16(2)33-12-19)6-7-23(21)37(35-27)14-25(39)36-13-20(30)9-24(36)28(40)34-10-18-4-3-5-22(29)26(18)31/h3-8,11-12,20,24H,9-10,13-14H2,1-2H3,(H,34,40)/t20-,24+/m1/s1. The number of nitrogens with one attached hydrogen (secondary N) is 1. The number of benzene rings is 2. The molecule has 0 spiro atoms. The minimum absolute atomic E-state index is 0.0117. The number of alkyl halides is 1. The van der Waals surface area contributed by atoms with Gasteiger partial charge in [0, 0.05) is 48.8 Å². The van der Waals surface area contributed by atoms with E-state index in [1.54, 1.807) is 37.5 Å². The topological polar surface area (TPSA) is 93.0 Å². The van der Waals surface area contributed by atoms with Crippen LogP contribution in [0.15, 0.2) is 48.8 Å². The van der Waals surface area contributed by atoms with E-state index in [9.17, 15) is 18.4 Å². The molecule has 0 saturated carbocycles. The van der Waals surface area contributed by atoms with Crippen molar-refractivity contribution in [2.24, 2.45) is 0 Å². The predicted octanol–water partition coefficient (Wildman–Crippen LogP) is 4.85. The number of amides is 1. The molecule has 206 valence electrons. The van der Waals surface area contributed by atoms with Crippen molar-refractivity contribution in [3.63, 3.8) is 0 Å². The fourth-order valence-electron chi connectivity index (χ4n) is 4.79. The van der Waals surface area contributed by atoms with Gasteiger partial charge in [0.25, 0.3) is 0 Å². The van der Waals surface area contributed by atoms with E-state index in [2.05, 4.69) is 20.4 Å². The number of likely N-dealkylation sites (tertiary alicyclic amines) is 1. The summed E-state index contributed by atoms with van der Waals surface area (Å²) in [6.45, 7) is 2.89. The van der Waals surface area contributed by atoms with Gasteiger partial charge in [-0.2, -0.15) is 5.10 Å². The quantitative estimate of drug-likeness (QED) is 0.246. The zero-order chi connectivity index (χ0) is 28.6. The molecule has 0 unspecified atom stereocenters. The highest BCUT2D eigenvalue weighted by molar-refractivity contribution is 7.80. The van der Waals surface area contributed by atoms with Crippen LogP contribution in [0, 0.1) is 12.7 Å². The third-order valence-corrected chi connectivity index (χ3v) is 7.55. The van der Waals surface area contributed by atoms with Crippen molar-refractivity contribution in [2.45, 2.75) is 45.6 Å². The molecule has 3 heterocycles. The molecular weight excluding hydrogens is 558 g/mol. The Kier molecular flexibility index (Phi) is 7.86. The summed E-state index contributed by atoms with van der Waals surface area (Å²) in [5.41, 5.74) is 2.69. The Morgan fingerprint density at radius 1 is 1.18 bits per heavy atom. The number of hydrogen-bond donors (Lipinski definition) is 1. The zero-order valence-corrected chi connectivity index (χ0v) is 23.3. The normalized spacial score (nSPS) is 16.9. The molecule has 12 heteroatoms. The van der Waals surface area contributed by atoms with Crippen molar-refractivity contribution >= 4 is 51.4 Å². The van der Waals surface area contributed by atoms with Gasteiger partial charge in [-0.05, 0) is 30.7 Å². The summed E-state index contributed by atoms with van der Waals surface area (Å²) in [7, 11) is 0. The molecule has 1 N–H and O–H groups in total. The number of thiocarbonyl (C=S) groups is 1. The number of Topliss-reactive ketones (excluding diaryl/α,β-unsaturated/α-hetero) is 1. The summed E-state index contributed by atoms with van der Waals surface area (Å²) >= 11 is 11.3. The molecule has 0 radical (unpaired) electrons. The molecule has 1 aliphatic heterocycles. The van der Waals surface area contributed by atoms with Gasteiger partial charge in [-0.25, -0.2) is 18.7 Å². The Bertz CT molecular complexity index is 1630. The summed E-state index contributed by atoms with van der Waals surface area (Å²) in [5, 5.41) is 7.94. The van der Waals surface area contributed by atoms with Gasteiger partial charge in [0.05, 0.1) is 28.1 Å². The number of fused-ring (bicyclic) bond motifs is 1. The van der Waals surface area contributed by atoms with Crippen LogP contribution in [-0.2, 0) is 17.9 Å². The van der Waals surface area contributed by atoms with Crippen LogP contribution in [0.1, 0.15) is 35.2 Å². The molecule has 1 aliphatic rings. The lowest BCUT2D eigenvalue weighted by Crippen LogP contribution is -2.46. The summed E-state index contributed by atoms with van der Waals surface area (Å²) in [4.78, 5) is 35.9. The monoisotopic (exact) mass is 582 g/mol. The molecule has 1 amide bonds. The zero-order valence-electron chi connectivity index (χ0n) is 21.7. The molecule has 0 aliphatic carbocycles. The summed E-state index contributed by atoms with van der Waals surface area (Å²) in [6, 6.07) is 9.36. The molecule has 1 fully saturated rings. The molecule has 0 bridgehead atoms. The SMILES string of the molecule is CC(=O)c1nn(CC(=O)N2C[C@H](F)C[C@H]2C(=S)NCc2cccc(Cl)c2F)c2ccc(-c3cnc(C)nc3)cc12. The molecule has 4 aromatic rings. The minimum Gasteiger partial charge on any atom is -0.374 e. The molecular formula is C28H25ClF2N6O2S. The first-order valence-corrected chi connectivity index (χ1v) is 13.4. The van der Waals surface area contributed by atoms with E-state index in [0.29, 0.717) is 22.3 Å². The van der Waals surface area contributed by atoms with Crippen LogP contribution in [0.3, 0.4) is 0 Å². The predicted molar refractivity (Wildman–Crippen MR) is 151 cm³/mol. The number of carbonyl (C=O) groups is 2. The number of nitrogens with zero attached hydrogens (tertiary/aromatic N) is 5. The van der Waals surface area contributed by atoms with Gasteiger partial charge < -0.3 is 10.2 Å². The van der Waals surface area contributed by atoms with Crippen LogP contribution in [-0.4, -0.2) is 60.1 Å². The van der Waals surface area contributed by atoms with E-state index in [0.717, 1.165) is 11.1 Å². The van der Waals surface area contributed by atoms with Crippen LogP contribution >= 0.6 is 23.8 Å². The van der Waals surface area contributed by atoms with Crippen molar-refractivity contribution in [3.05, 3.63) is 76.7 Å². The second-order valence-corrected chi connectivity index (χ2v) is 10.5. The highest BCUT2D eigenvalue weighted by Gasteiger charge is 2.38. The number of halogens is 3. The summed E-state index contributed by atoms with van der Waals surface area (Å²) < 4.78 is 30.3. The maximum Gasteiger partial charge on any atom is 0.245 e. The van der Waals surface area contributed by atoms with Gasteiger partial charge in [-0.3, -0.25) is 14.3 Å². The maximum atomic E-state index is 14.5. The van der Waals surface area contributed by atoms with Crippen LogP contribution < -0.4 is 5.32 Å². The van der Waals surface area contributed by atoms with E-state index in [4.69, 9.17) is 23.8 Å². The highest BCUT2D eigenvalue weighted by atomic mass is 35.5. The second kappa shape index (κ2) is 11.3. The average molecular weight is 583 g/mol. The third kappa shape index (κ3) is 5.57. The first-order chi connectivity index (χ1) is 19.1. The van der Waals surface area contributed by atoms with E-state index in [1.807, 2.05) is 12.1 Å². The Labute approximate surface area is 239 Å². The van der Waals surface area contributed by atoms with Crippen molar-refractivity contribution in [1.29, 1.82) is 0 Å². The van der Waals surface area contributed by atoms with Gasteiger partial charge in [0.1, 0.15) is 30.1 Å². The lowest BCUT2D eigenvalue weighted by molar-refractivity contribution is -0.131. The van der Waals surface area contributed by atoms with Gasteiger partial charge >= 0.3 is 0 Å². The van der Waals surface area contributed by atoms with Gasteiger partial charge in [0.2, 0.25) is 5.91 Å². The molecule has 40 heavy (non-hydrogen) atoms.